The summed E-state index contributed by atoms with van der Waals surface area (Å²) < 4.78 is 0. The topological polar surface area (TPSA) is 43.9 Å². The van der Waals surface area contributed by atoms with Gasteiger partial charge in [-0.3, -0.25) is 9.59 Å². The first-order valence-corrected chi connectivity index (χ1v) is 8.94. The molecule has 0 spiro atoms. The lowest BCUT2D eigenvalue weighted by atomic mass is 9.96. The Balaban J connectivity index is 1.47. The number of carbonyl (C=O) groups excluding carboxylic acids is 2. The van der Waals surface area contributed by atoms with Gasteiger partial charge in [0, 0.05) is 39.3 Å². The third-order valence-corrected chi connectivity index (χ3v) is 5.78. The zero-order chi connectivity index (χ0) is 16.7. The first-order chi connectivity index (χ1) is 11.6. The molecule has 2 fully saturated rings. The van der Waals surface area contributed by atoms with Crippen LogP contribution < -0.4 is 0 Å². The lowest BCUT2D eigenvalue weighted by Gasteiger charge is -2.36. The van der Waals surface area contributed by atoms with Gasteiger partial charge < -0.3 is 14.7 Å². The summed E-state index contributed by atoms with van der Waals surface area (Å²) in [6.45, 7) is 4.65. The van der Waals surface area contributed by atoms with E-state index in [1.807, 2.05) is 15.9 Å². The minimum Gasteiger partial charge on any atom is -0.339 e. The van der Waals surface area contributed by atoms with Crippen LogP contribution in [0.1, 0.15) is 24.0 Å². The summed E-state index contributed by atoms with van der Waals surface area (Å²) in [5.74, 6) is 0.125. The Morgan fingerprint density at radius 2 is 1.50 bits per heavy atom. The van der Waals surface area contributed by atoms with E-state index < -0.39 is 5.41 Å². The van der Waals surface area contributed by atoms with Crippen molar-refractivity contribution in [3.63, 3.8) is 0 Å². The number of piperazine rings is 1. The smallest absolute Gasteiger partial charge is 0.238 e. The van der Waals surface area contributed by atoms with E-state index in [0.29, 0.717) is 6.54 Å². The van der Waals surface area contributed by atoms with Gasteiger partial charge in [-0.1, -0.05) is 24.3 Å². The largest absolute Gasteiger partial charge is 0.339 e. The van der Waals surface area contributed by atoms with E-state index in [4.69, 9.17) is 0 Å². The van der Waals surface area contributed by atoms with Crippen LogP contribution in [0.15, 0.2) is 24.3 Å². The highest BCUT2D eigenvalue weighted by molar-refractivity contribution is 6.08. The number of hydrogen-bond donors (Lipinski definition) is 0. The zero-order valence-corrected chi connectivity index (χ0v) is 14.3. The molecule has 2 aliphatic heterocycles. The number of amides is 2. The van der Waals surface area contributed by atoms with Crippen LogP contribution in [0.4, 0.5) is 0 Å². The van der Waals surface area contributed by atoms with Crippen molar-refractivity contribution in [1.29, 1.82) is 0 Å². The second-order valence-corrected chi connectivity index (χ2v) is 7.42. The maximum Gasteiger partial charge on any atom is 0.238 e. The minimum atomic E-state index is -0.748. The van der Waals surface area contributed by atoms with Gasteiger partial charge in [0.15, 0.2) is 0 Å². The van der Waals surface area contributed by atoms with Crippen molar-refractivity contribution in [2.45, 2.75) is 25.8 Å². The molecule has 2 amide bonds. The van der Waals surface area contributed by atoms with Crippen molar-refractivity contribution in [2.75, 3.05) is 39.8 Å². The van der Waals surface area contributed by atoms with Crippen LogP contribution in [0.2, 0.25) is 0 Å². The summed E-state index contributed by atoms with van der Waals surface area (Å²) in [5.41, 5.74) is 1.80. The number of nitrogens with zero attached hydrogens (tertiary/aromatic N) is 3. The Kier molecular flexibility index (Phi) is 3.83. The highest BCUT2D eigenvalue weighted by Crippen LogP contribution is 2.49. The average Bonchev–Trinajstić information content (AvgIpc) is 3.42. The average molecular weight is 327 g/mol. The van der Waals surface area contributed by atoms with Crippen LogP contribution in [0.25, 0.3) is 0 Å². The fourth-order valence-electron chi connectivity index (χ4n) is 3.93. The van der Waals surface area contributed by atoms with Gasteiger partial charge in [-0.15, -0.1) is 0 Å². The van der Waals surface area contributed by atoms with E-state index in [1.54, 1.807) is 0 Å². The molecule has 1 aliphatic carbocycles. The van der Waals surface area contributed by atoms with Gasteiger partial charge in [0.05, 0.1) is 0 Å². The Morgan fingerprint density at radius 3 is 2.17 bits per heavy atom. The molecule has 24 heavy (non-hydrogen) atoms. The second kappa shape index (κ2) is 5.88. The van der Waals surface area contributed by atoms with Crippen molar-refractivity contribution < 1.29 is 9.59 Å². The summed E-state index contributed by atoms with van der Waals surface area (Å²) in [6.07, 6.45) is 2.32. The fourth-order valence-corrected chi connectivity index (χ4v) is 3.93. The molecule has 1 aromatic carbocycles. The van der Waals surface area contributed by atoms with Gasteiger partial charge in [-0.05, 0) is 37.4 Å². The number of benzene rings is 1. The SMILES string of the molecule is CN1CCN(C(=O)C2(C(=O)N3CCc4ccccc4C3)CC2)CC1. The number of fused-ring (bicyclic) bond motifs is 1. The van der Waals surface area contributed by atoms with Crippen molar-refractivity contribution in [1.82, 2.24) is 14.7 Å². The third-order valence-electron chi connectivity index (χ3n) is 5.78. The first-order valence-electron chi connectivity index (χ1n) is 8.94. The number of carbonyl (C=O) groups is 2. The van der Waals surface area contributed by atoms with Crippen LogP contribution in [0.3, 0.4) is 0 Å². The fraction of sp³-hybridized carbons (Fsp3) is 0.579. The van der Waals surface area contributed by atoms with E-state index in [1.165, 1.54) is 11.1 Å². The summed E-state index contributed by atoms with van der Waals surface area (Å²) in [6, 6.07) is 8.31. The summed E-state index contributed by atoms with van der Waals surface area (Å²) in [4.78, 5) is 32.1. The molecule has 128 valence electrons. The number of hydrogen-bond acceptors (Lipinski definition) is 3. The lowest BCUT2D eigenvalue weighted by molar-refractivity contribution is -0.151. The van der Waals surface area contributed by atoms with Crippen LogP contribution in [-0.4, -0.2) is 66.3 Å². The molecule has 1 saturated heterocycles. The monoisotopic (exact) mass is 327 g/mol. The quantitative estimate of drug-likeness (QED) is 0.765. The molecule has 0 unspecified atom stereocenters. The Hall–Kier alpha value is -1.88. The lowest BCUT2D eigenvalue weighted by Crippen LogP contribution is -2.53. The van der Waals surface area contributed by atoms with Crippen molar-refractivity contribution in [2.24, 2.45) is 5.41 Å². The Morgan fingerprint density at radius 1 is 0.875 bits per heavy atom. The molecular formula is C19H25N3O2. The Bertz CT molecular complexity index is 660. The van der Waals surface area contributed by atoms with E-state index in [0.717, 1.165) is 52.0 Å². The maximum absolute atomic E-state index is 13.1. The maximum atomic E-state index is 13.1. The van der Waals surface area contributed by atoms with Crippen LogP contribution in [0, 0.1) is 5.41 Å². The van der Waals surface area contributed by atoms with Crippen molar-refractivity contribution in [3.8, 4) is 0 Å². The summed E-state index contributed by atoms with van der Waals surface area (Å²) in [7, 11) is 2.07. The molecule has 0 bridgehead atoms. The summed E-state index contributed by atoms with van der Waals surface area (Å²) in [5, 5.41) is 0. The molecule has 0 N–H and O–H groups in total. The number of likely N-dealkylation sites (N-methyl/N-ethyl adjacent to an activating group) is 1. The molecule has 1 aromatic rings. The molecule has 5 heteroatoms. The van der Waals surface area contributed by atoms with E-state index >= 15 is 0 Å². The molecule has 5 nitrogen and oxygen atoms in total. The molecular weight excluding hydrogens is 302 g/mol. The summed E-state index contributed by atoms with van der Waals surface area (Å²) >= 11 is 0. The number of rotatable bonds is 2. The second-order valence-electron chi connectivity index (χ2n) is 7.42. The molecule has 0 radical (unpaired) electrons. The van der Waals surface area contributed by atoms with Gasteiger partial charge in [-0.25, -0.2) is 0 Å². The predicted octanol–water partition coefficient (Wildman–Crippen LogP) is 1.13. The standard InChI is InChI=1S/C19H25N3O2/c1-20-10-12-21(13-11-20)17(23)19(7-8-19)18(24)22-9-6-15-4-2-3-5-16(15)14-22/h2-5H,6-14H2,1H3. The highest BCUT2D eigenvalue weighted by Gasteiger charge is 2.59. The van der Waals surface area contributed by atoms with Crippen LogP contribution in [0.5, 0.6) is 0 Å². The van der Waals surface area contributed by atoms with Gasteiger partial charge >= 0.3 is 0 Å². The van der Waals surface area contributed by atoms with Crippen LogP contribution >= 0.6 is 0 Å². The minimum absolute atomic E-state index is 0.0564. The molecule has 0 atom stereocenters. The first kappa shape index (κ1) is 15.6. The van der Waals surface area contributed by atoms with Gasteiger partial charge in [-0.2, -0.15) is 0 Å². The van der Waals surface area contributed by atoms with E-state index in [2.05, 4.69) is 30.1 Å². The normalized spacial score (nSPS) is 22.9. The third kappa shape index (κ3) is 2.61. The molecule has 3 aliphatic rings. The van der Waals surface area contributed by atoms with E-state index in [9.17, 15) is 9.59 Å². The molecule has 2 heterocycles. The molecule has 4 rings (SSSR count). The zero-order valence-electron chi connectivity index (χ0n) is 14.3. The van der Waals surface area contributed by atoms with Gasteiger partial charge in [0.25, 0.3) is 0 Å². The van der Waals surface area contributed by atoms with E-state index in [-0.39, 0.29) is 11.8 Å². The van der Waals surface area contributed by atoms with Crippen molar-refractivity contribution >= 4 is 11.8 Å². The molecule has 1 saturated carbocycles. The van der Waals surface area contributed by atoms with Gasteiger partial charge in [0.1, 0.15) is 5.41 Å². The van der Waals surface area contributed by atoms with Crippen LogP contribution in [-0.2, 0) is 22.6 Å². The predicted molar refractivity (Wildman–Crippen MR) is 91.3 cm³/mol. The Labute approximate surface area is 143 Å². The van der Waals surface area contributed by atoms with Crippen molar-refractivity contribution in [3.05, 3.63) is 35.4 Å². The highest BCUT2D eigenvalue weighted by atomic mass is 16.2. The molecule has 0 aromatic heterocycles. The van der Waals surface area contributed by atoms with Gasteiger partial charge in [0.2, 0.25) is 11.8 Å².